The average Bonchev–Trinajstić information content (AvgIpc) is 3.36. The van der Waals surface area contributed by atoms with E-state index in [1.54, 1.807) is 13.8 Å². The molecule has 1 aromatic heterocycles. The number of allylic oxidation sites excluding steroid dienone is 1. The summed E-state index contributed by atoms with van der Waals surface area (Å²) in [4.78, 5) is -1.58. The average molecular weight is 597 g/mol. The van der Waals surface area contributed by atoms with Gasteiger partial charge in [0.15, 0.2) is 0 Å². The van der Waals surface area contributed by atoms with Gasteiger partial charge in [-0.1, -0.05) is 44.2 Å². The fourth-order valence-corrected chi connectivity index (χ4v) is 5.47. The van der Waals surface area contributed by atoms with Crippen LogP contribution in [0.25, 0.3) is 5.76 Å². The van der Waals surface area contributed by atoms with E-state index < -0.39 is 61.6 Å². The van der Waals surface area contributed by atoms with Gasteiger partial charge in [-0.05, 0) is 29.7 Å². The second kappa shape index (κ2) is 10.3. The second-order valence-electron chi connectivity index (χ2n) is 8.80. The molecule has 0 radical (unpaired) electrons. The molecule has 0 amide bonds. The summed E-state index contributed by atoms with van der Waals surface area (Å²) in [5.74, 6) is -17.3. The third-order valence-electron chi connectivity index (χ3n) is 5.50. The van der Waals surface area contributed by atoms with Crippen molar-refractivity contribution in [2.45, 2.75) is 55.0 Å². The van der Waals surface area contributed by atoms with E-state index in [1.807, 2.05) is 0 Å². The van der Waals surface area contributed by atoms with Gasteiger partial charge in [0.05, 0.1) is 18.8 Å². The predicted octanol–water partition coefficient (Wildman–Crippen LogP) is 7.26. The van der Waals surface area contributed by atoms with Crippen molar-refractivity contribution in [2.75, 3.05) is 6.61 Å². The molecule has 212 valence electrons. The minimum Gasteiger partial charge on any atom is -0.469 e. The molecule has 0 unspecified atom stereocenters. The van der Waals surface area contributed by atoms with Gasteiger partial charge in [-0.2, -0.15) is 35.1 Å². The Labute approximate surface area is 217 Å². The van der Waals surface area contributed by atoms with Crippen LogP contribution in [-0.4, -0.2) is 43.8 Å². The molecule has 1 aromatic carbocycles. The molecule has 1 aliphatic rings. The minimum absolute atomic E-state index is 0.0466. The van der Waals surface area contributed by atoms with Crippen molar-refractivity contribution in [3.63, 3.8) is 0 Å². The maximum Gasteiger partial charge on any atom is 0.417 e. The van der Waals surface area contributed by atoms with Crippen LogP contribution in [0, 0.1) is 5.92 Å². The standard InChI is InChI=1S/C23H21ClF8O5S/c1-13(2)12-36-17-11-15(16-9-6-10-35-16)19(18(37-17)14-7-4-3-5-8-14)38(33,34)23(31,32)21(27,28)20(25,26)22(24,29)30/h3-10,13,15,17H,11-12H2,1-2H3/t15-,17+/m1/s1. The number of ether oxygens (including phenoxy) is 2. The predicted molar refractivity (Wildman–Crippen MR) is 120 cm³/mol. The van der Waals surface area contributed by atoms with E-state index in [-0.39, 0.29) is 23.8 Å². The van der Waals surface area contributed by atoms with E-state index >= 15 is 8.78 Å². The van der Waals surface area contributed by atoms with Crippen LogP contribution in [0.3, 0.4) is 0 Å². The summed E-state index contributed by atoms with van der Waals surface area (Å²) >= 11 is 4.01. The van der Waals surface area contributed by atoms with Gasteiger partial charge in [-0.25, -0.2) is 8.42 Å². The number of benzene rings is 1. The highest BCUT2D eigenvalue weighted by Crippen LogP contribution is 2.58. The molecule has 0 saturated carbocycles. The Hall–Kier alpha value is -2.32. The summed E-state index contributed by atoms with van der Waals surface area (Å²) < 4.78 is 156. The first-order chi connectivity index (χ1) is 17.4. The smallest absolute Gasteiger partial charge is 0.417 e. The Morgan fingerprint density at radius 2 is 1.58 bits per heavy atom. The summed E-state index contributed by atoms with van der Waals surface area (Å²) in [6, 6.07) is 8.81. The zero-order chi connectivity index (χ0) is 28.7. The third kappa shape index (κ3) is 5.14. The lowest BCUT2D eigenvalue weighted by Gasteiger charge is -2.38. The van der Waals surface area contributed by atoms with Crippen molar-refractivity contribution >= 4 is 27.2 Å². The zero-order valence-corrected chi connectivity index (χ0v) is 21.2. The molecule has 2 atom stereocenters. The topological polar surface area (TPSA) is 65.7 Å². The lowest BCUT2D eigenvalue weighted by molar-refractivity contribution is -0.326. The van der Waals surface area contributed by atoms with Gasteiger partial charge < -0.3 is 13.9 Å². The van der Waals surface area contributed by atoms with Gasteiger partial charge in [0, 0.05) is 12.0 Å². The van der Waals surface area contributed by atoms with Gasteiger partial charge >= 0.3 is 22.5 Å². The first-order valence-electron chi connectivity index (χ1n) is 10.9. The van der Waals surface area contributed by atoms with Crippen LogP contribution in [0.4, 0.5) is 35.1 Å². The van der Waals surface area contributed by atoms with Crippen LogP contribution >= 0.6 is 11.6 Å². The summed E-state index contributed by atoms with van der Waals surface area (Å²) in [5.41, 5.74) is -0.228. The van der Waals surface area contributed by atoms with Crippen LogP contribution in [-0.2, 0) is 19.3 Å². The van der Waals surface area contributed by atoms with Gasteiger partial charge in [-0.3, -0.25) is 0 Å². The van der Waals surface area contributed by atoms with Gasteiger partial charge in [-0.15, -0.1) is 0 Å². The fraction of sp³-hybridized carbons (Fsp3) is 0.478. The second-order valence-corrected chi connectivity index (χ2v) is 11.2. The third-order valence-corrected chi connectivity index (χ3v) is 7.72. The molecular weight excluding hydrogens is 576 g/mol. The van der Waals surface area contributed by atoms with Gasteiger partial charge in [0.1, 0.15) is 16.4 Å². The van der Waals surface area contributed by atoms with Crippen LogP contribution in [0.15, 0.2) is 58.1 Å². The highest BCUT2D eigenvalue weighted by molar-refractivity contribution is 7.96. The summed E-state index contributed by atoms with van der Waals surface area (Å²) in [6.07, 6.45) is -0.880. The van der Waals surface area contributed by atoms with Crippen molar-refractivity contribution in [3.05, 3.63) is 65.0 Å². The van der Waals surface area contributed by atoms with E-state index in [9.17, 15) is 34.8 Å². The molecule has 0 spiro atoms. The van der Waals surface area contributed by atoms with Crippen LogP contribution < -0.4 is 0 Å². The van der Waals surface area contributed by atoms with E-state index in [0.717, 1.165) is 12.3 Å². The number of halogens is 9. The lowest BCUT2D eigenvalue weighted by atomic mass is 9.96. The van der Waals surface area contributed by atoms with E-state index in [4.69, 9.17) is 13.9 Å². The van der Waals surface area contributed by atoms with E-state index in [1.165, 1.54) is 36.4 Å². The largest absolute Gasteiger partial charge is 0.469 e. The SMILES string of the molecule is CC(C)CO[C@@H]1C[C@H](c2ccco2)C(S(=O)(=O)C(F)(F)C(F)(F)C(F)(F)C(F)(F)Cl)=C(c2ccccc2)O1. The quantitative estimate of drug-likeness (QED) is 0.213. The summed E-state index contributed by atoms with van der Waals surface area (Å²) in [7, 11) is -6.91. The molecule has 2 aromatic rings. The highest BCUT2D eigenvalue weighted by Gasteiger charge is 2.84. The fourth-order valence-electron chi connectivity index (χ4n) is 3.61. The van der Waals surface area contributed by atoms with Crippen LogP contribution in [0.2, 0.25) is 0 Å². The van der Waals surface area contributed by atoms with Crippen molar-refractivity contribution < 1.29 is 57.4 Å². The molecule has 3 rings (SSSR count). The summed E-state index contributed by atoms with van der Waals surface area (Å²) in [6.45, 7) is 3.56. The lowest BCUT2D eigenvalue weighted by Crippen LogP contribution is -2.63. The van der Waals surface area contributed by atoms with Crippen molar-refractivity contribution in [3.8, 4) is 0 Å². The Morgan fingerprint density at radius 1 is 0.974 bits per heavy atom. The molecule has 1 aliphatic heterocycles. The van der Waals surface area contributed by atoms with Crippen molar-refractivity contribution in [1.82, 2.24) is 0 Å². The normalized spacial score (nSPS) is 20.1. The van der Waals surface area contributed by atoms with Gasteiger partial charge in [0.2, 0.25) is 6.29 Å². The molecule has 0 aliphatic carbocycles. The van der Waals surface area contributed by atoms with Gasteiger partial charge in [0.25, 0.3) is 9.84 Å². The zero-order valence-electron chi connectivity index (χ0n) is 19.6. The number of hydrogen-bond donors (Lipinski definition) is 0. The van der Waals surface area contributed by atoms with E-state index in [2.05, 4.69) is 11.6 Å². The maximum atomic E-state index is 15.1. The molecule has 0 fully saturated rings. The monoisotopic (exact) mass is 596 g/mol. The maximum absolute atomic E-state index is 15.1. The number of furan rings is 1. The first-order valence-corrected chi connectivity index (χ1v) is 12.8. The van der Waals surface area contributed by atoms with E-state index in [0.29, 0.717) is 0 Å². The number of sulfone groups is 1. The molecule has 2 heterocycles. The molecule has 0 bridgehead atoms. The highest BCUT2D eigenvalue weighted by atomic mass is 35.5. The van der Waals surface area contributed by atoms with Crippen molar-refractivity contribution in [1.29, 1.82) is 0 Å². The molecule has 0 N–H and O–H groups in total. The molecule has 15 heteroatoms. The first kappa shape index (κ1) is 30.2. The number of hydrogen-bond acceptors (Lipinski definition) is 5. The minimum atomic E-state index is -7.17. The Balaban J connectivity index is 2.31. The van der Waals surface area contributed by atoms with Crippen LogP contribution in [0.5, 0.6) is 0 Å². The Bertz CT molecular complexity index is 1240. The van der Waals surface area contributed by atoms with Crippen molar-refractivity contribution in [2.24, 2.45) is 5.92 Å². The molecular formula is C23H21ClF8O5S. The molecule has 0 saturated heterocycles. The number of alkyl halides is 9. The summed E-state index contributed by atoms with van der Waals surface area (Å²) in [5, 5.41) is -13.0. The molecule has 5 nitrogen and oxygen atoms in total. The van der Waals surface area contributed by atoms with Crippen LogP contribution in [0.1, 0.15) is 37.5 Å². The Kier molecular flexibility index (Phi) is 8.22. The Morgan fingerprint density at radius 3 is 2.08 bits per heavy atom. The molecule has 38 heavy (non-hydrogen) atoms. The number of rotatable bonds is 10.